The highest BCUT2D eigenvalue weighted by Gasteiger charge is 2.32. The molecule has 1 aromatic heterocycles. The first-order valence-corrected chi connectivity index (χ1v) is 11.3. The number of hydrogen-bond acceptors (Lipinski definition) is 7. The van der Waals surface area contributed by atoms with Gasteiger partial charge >= 0.3 is 5.69 Å². The van der Waals surface area contributed by atoms with E-state index < -0.39 is 20.6 Å². The van der Waals surface area contributed by atoms with Crippen molar-refractivity contribution in [1.29, 1.82) is 0 Å². The lowest BCUT2D eigenvalue weighted by atomic mass is 10.2. The number of fused-ring (bicyclic) bond motifs is 1. The zero-order valence-corrected chi connectivity index (χ0v) is 18.3. The van der Waals surface area contributed by atoms with Crippen LogP contribution in [0.2, 0.25) is 0 Å². The topological polar surface area (TPSA) is 123 Å². The summed E-state index contributed by atoms with van der Waals surface area (Å²) >= 11 is 0. The average molecular weight is 459 g/mol. The lowest BCUT2D eigenvalue weighted by Crippen LogP contribution is -2.50. The summed E-state index contributed by atoms with van der Waals surface area (Å²) in [5.74, 6) is -0.130. The van der Waals surface area contributed by atoms with Gasteiger partial charge in [-0.05, 0) is 37.3 Å². The number of ether oxygens (including phenoxy) is 1. The molecule has 11 heteroatoms. The quantitative estimate of drug-likeness (QED) is 0.424. The lowest BCUT2D eigenvalue weighted by molar-refractivity contribution is -0.386. The number of nitro groups is 1. The molecule has 1 saturated heterocycles. The van der Waals surface area contributed by atoms with E-state index in [1.807, 2.05) is 19.1 Å². The van der Waals surface area contributed by atoms with Crippen LogP contribution in [0.1, 0.15) is 16.1 Å². The number of benzene rings is 2. The number of nitro benzene ring substituents is 1. The van der Waals surface area contributed by atoms with Crippen LogP contribution in [0.25, 0.3) is 11.0 Å². The van der Waals surface area contributed by atoms with Crippen LogP contribution in [0, 0.1) is 17.0 Å². The zero-order valence-electron chi connectivity index (χ0n) is 17.5. The molecule has 0 N–H and O–H groups in total. The van der Waals surface area contributed by atoms with Crippen molar-refractivity contribution < 1.29 is 27.3 Å². The minimum atomic E-state index is -3.97. The van der Waals surface area contributed by atoms with E-state index in [0.29, 0.717) is 5.58 Å². The van der Waals surface area contributed by atoms with Crippen LogP contribution in [0.3, 0.4) is 0 Å². The highest BCUT2D eigenvalue weighted by Crippen LogP contribution is 2.31. The van der Waals surface area contributed by atoms with Crippen LogP contribution >= 0.6 is 0 Å². The van der Waals surface area contributed by atoms with E-state index in [2.05, 4.69) is 0 Å². The number of aryl methyl sites for hydroxylation is 1. The van der Waals surface area contributed by atoms with Crippen molar-refractivity contribution in [3.8, 4) is 5.75 Å². The van der Waals surface area contributed by atoms with E-state index in [0.717, 1.165) is 17.0 Å². The average Bonchev–Trinajstić information content (AvgIpc) is 3.21. The second-order valence-corrected chi connectivity index (χ2v) is 9.38. The number of amides is 1. The predicted molar refractivity (Wildman–Crippen MR) is 115 cm³/mol. The number of methoxy groups -OCH3 is 1. The van der Waals surface area contributed by atoms with Gasteiger partial charge in [0.15, 0.2) is 11.5 Å². The SMILES string of the molecule is COc1ccc(S(=O)(=O)N2CCN(C(=O)c3cc4cc(C)ccc4o3)CC2)cc1[N+](=O)[O-]. The fourth-order valence-electron chi connectivity index (χ4n) is 3.68. The van der Waals surface area contributed by atoms with Gasteiger partial charge in [0.2, 0.25) is 10.0 Å². The Kier molecular flexibility index (Phi) is 5.61. The molecule has 0 bridgehead atoms. The van der Waals surface area contributed by atoms with Crippen LogP contribution in [-0.2, 0) is 10.0 Å². The Bertz CT molecular complexity index is 1310. The van der Waals surface area contributed by atoms with Crippen LogP contribution in [0.15, 0.2) is 51.8 Å². The Morgan fingerprint density at radius 3 is 2.47 bits per heavy atom. The van der Waals surface area contributed by atoms with Gasteiger partial charge in [0.25, 0.3) is 5.91 Å². The van der Waals surface area contributed by atoms with Crippen molar-refractivity contribution in [3.63, 3.8) is 0 Å². The molecule has 168 valence electrons. The van der Waals surface area contributed by atoms with Gasteiger partial charge in [-0.15, -0.1) is 0 Å². The molecule has 0 unspecified atom stereocenters. The highest BCUT2D eigenvalue weighted by atomic mass is 32.2. The van der Waals surface area contributed by atoms with Crippen molar-refractivity contribution in [2.45, 2.75) is 11.8 Å². The number of piperazine rings is 1. The maximum atomic E-state index is 13.0. The van der Waals surface area contributed by atoms with E-state index in [-0.39, 0.29) is 48.5 Å². The first kappa shape index (κ1) is 21.8. The van der Waals surface area contributed by atoms with Crippen LogP contribution in [0.5, 0.6) is 5.75 Å². The van der Waals surface area contributed by atoms with Crippen molar-refractivity contribution in [3.05, 3.63) is 63.9 Å². The number of nitrogens with zero attached hydrogens (tertiary/aromatic N) is 3. The maximum absolute atomic E-state index is 13.0. The minimum absolute atomic E-state index is 0.0228. The zero-order chi connectivity index (χ0) is 23.0. The molecule has 1 aliphatic rings. The molecule has 0 atom stereocenters. The van der Waals surface area contributed by atoms with Gasteiger partial charge in [-0.1, -0.05) is 11.6 Å². The summed E-state index contributed by atoms with van der Waals surface area (Å²) < 4.78 is 37.8. The summed E-state index contributed by atoms with van der Waals surface area (Å²) in [6, 6.07) is 10.8. The van der Waals surface area contributed by atoms with Crippen LogP contribution in [0.4, 0.5) is 5.69 Å². The fraction of sp³-hybridized carbons (Fsp3) is 0.286. The molecule has 1 fully saturated rings. The summed E-state index contributed by atoms with van der Waals surface area (Å²) in [5, 5.41) is 12.1. The summed E-state index contributed by atoms with van der Waals surface area (Å²) in [5.41, 5.74) is 1.23. The van der Waals surface area contributed by atoms with Crippen molar-refractivity contribution in [2.75, 3.05) is 33.3 Å². The van der Waals surface area contributed by atoms with Gasteiger partial charge in [0.05, 0.1) is 16.9 Å². The lowest BCUT2D eigenvalue weighted by Gasteiger charge is -2.33. The standard InChI is InChI=1S/C21H21N3O7S/c1-14-3-5-18-15(11-14)12-20(31-18)21(25)22-7-9-23(10-8-22)32(28,29)16-4-6-19(30-2)17(13-16)24(26)27/h3-6,11-13H,7-10H2,1-2H3. The minimum Gasteiger partial charge on any atom is -0.490 e. The molecule has 0 saturated carbocycles. The third-order valence-corrected chi connectivity index (χ3v) is 7.29. The number of sulfonamides is 1. The first-order valence-electron chi connectivity index (χ1n) is 9.83. The molecule has 1 aliphatic heterocycles. The molecule has 1 amide bonds. The van der Waals surface area contributed by atoms with Crippen LogP contribution in [-0.4, -0.2) is 61.7 Å². The molecule has 0 aliphatic carbocycles. The fourth-order valence-corrected chi connectivity index (χ4v) is 5.12. The van der Waals surface area contributed by atoms with Crippen LogP contribution < -0.4 is 4.74 Å². The number of carbonyl (C=O) groups is 1. The second kappa shape index (κ2) is 8.24. The molecule has 0 spiro atoms. The Morgan fingerprint density at radius 2 is 1.81 bits per heavy atom. The molecule has 3 aromatic rings. The van der Waals surface area contributed by atoms with Gasteiger partial charge < -0.3 is 14.1 Å². The Labute approximate surface area is 184 Å². The monoisotopic (exact) mass is 459 g/mol. The van der Waals surface area contributed by atoms with Gasteiger partial charge in [-0.25, -0.2) is 8.42 Å². The first-order chi connectivity index (χ1) is 15.2. The molecular weight excluding hydrogens is 438 g/mol. The molecule has 0 radical (unpaired) electrons. The van der Waals surface area contributed by atoms with E-state index in [1.165, 1.54) is 28.4 Å². The third kappa shape index (κ3) is 3.92. The molecule has 2 heterocycles. The number of furan rings is 1. The molecular formula is C21H21N3O7S. The smallest absolute Gasteiger partial charge is 0.312 e. The number of carbonyl (C=O) groups excluding carboxylic acids is 1. The predicted octanol–water partition coefficient (Wildman–Crippen LogP) is 2.80. The third-order valence-electron chi connectivity index (χ3n) is 5.39. The number of hydrogen-bond donors (Lipinski definition) is 0. The molecule has 2 aromatic carbocycles. The summed E-state index contributed by atoms with van der Waals surface area (Å²) in [7, 11) is -2.70. The van der Waals surface area contributed by atoms with Gasteiger partial charge in [0.1, 0.15) is 5.58 Å². The van der Waals surface area contributed by atoms with Gasteiger partial charge in [-0.3, -0.25) is 14.9 Å². The summed E-state index contributed by atoms with van der Waals surface area (Å²) in [6.45, 7) is 2.42. The number of rotatable bonds is 5. The highest BCUT2D eigenvalue weighted by molar-refractivity contribution is 7.89. The van der Waals surface area contributed by atoms with Crippen molar-refractivity contribution in [2.24, 2.45) is 0 Å². The molecule has 4 rings (SSSR count). The normalized spacial score (nSPS) is 15.1. The van der Waals surface area contributed by atoms with E-state index >= 15 is 0 Å². The summed E-state index contributed by atoms with van der Waals surface area (Å²) in [6.07, 6.45) is 0. The Hall–Kier alpha value is -3.44. The van der Waals surface area contributed by atoms with Crippen molar-refractivity contribution >= 4 is 32.6 Å². The van der Waals surface area contributed by atoms with Crippen molar-refractivity contribution in [1.82, 2.24) is 9.21 Å². The van der Waals surface area contributed by atoms with E-state index in [4.69, 9.17) is 9.15 Å². The Balaban J connectivity index is 1.49. The van der Waals surface area contributed by atoms with E-state index in [9.17, 15) is 23.3 Å². The largest absolute Gasteiger partial charge is 0.490 e. The molecule has 32 heavy (non-hydrogen) atoms. The Morgan fingerprint density at radius 1 is 1.09 bits per heavy atom. The summed E-state index contributed by atoms with van der Waals surface area (Å²) in [4.78, 5) is 24.7. The van der Waals surface area contributed by atoms with E-state index in [1.54, 1.807) is 12.1 Å². The van der Waals surface area contributed by atoms with Gasteiger partial charge in [0, 0.05) is 37.6 Å². The molecule has 10 nitrogen and oxygen atoms in total. The van der Waals surface area contributed by atoms with Gasteiger partial charge in [-0.2, -0.15) is 4.31 Å². The second-order valence-electron chi connectivity index (χ2n) is 7.44. The maximum Gasteiger partial charge on any atom is 0.312 e.